The summed E-state index contributed by atoms with van der Waals surface area (Å²) in [6.07, 6.45) is 4.22. The van der Waals surface area contributed by atoms with Gasteiger partial charge in [-0.3, -0.25) is 0 Å². The molecule has 5 nitrogen and oxygen atoms in total. The number of nitrogens with zero attached hydrogens (tertiary/aromatic N) is 3. The number of nitrogens with one attached hydrogen (secondary N) is 1. The predicted octanol–water partition coefficient (Wildman–Crippen LogP) is 2.29. The number of methoxy groups -OCH3 is 1. The third-order valence-corrected chi connectivity index (χ3v) is 3.60. The average Bonchev–Trinajstić information content (AvgIpc) is 2.86. The molecule has 1 N–H and O–H groups in total. The van der Waals surface area contributed by atoms with Gasteiger partial charge in [-0.05, 0) is 28.8 Å². The molecule has 0 aromatic carbocycles. The highest BCUT2D eigenvalue weighted by atomic mass is 79.9. The summed E-state index contributed by atoms with van der Waals surface area (Å²) >= 11 is 3.52. The van der Waals surface area contributed by atoms with Crippen LogP contribution in [0.1, 0.15) is 19.8 Å². The summed E-state index contributed by atoms with van der Waals surface area (Å²) in [5.74, 6) is 1.64. The van der Waals surface area contributed by atoms with E-state index < -0.39 is 0 Å². The molecule has 1 aromatic rings. The van der Waals surface area contributed by atoms with Crippen LogP contribution in [0.4, 0.5) is 11.8 Å². The van der Waals surface area contributed by atoms with E-state index >= 15 is 0 Å². The number of aromatic nitrogens is 2. The van der Waals surface area contributed by atoms with E-state index in [1.165, 1.54) is 0 Å². The summed E-state index contributed by atoms with van der Waals surface area (Å²) < 4.78 is 6.31. The van der Waals surface area contributed by atoms with Gasteiger partial charge in [0.15, 0.2) is 0 Å². The molecule has 2 heterocycles. The maximum atomic E-state index is 5.38. The van der Waals surface area contributed by atoms with E-state index in [1.54, 1.807) is 13.3 Å². The fourth-order valence-electron chi connectivity index (χ4n) is 2.01. The van der Waals surface area contributed by atoms with Crippen LogP contribution in [0, 0.1) is 0 Å². The van der Waals surface area contributed by atoms with Gasteiger partial charge in [0.1, 0.15) is 5.82 Å². The lowest BCUT2D eigenvalue weighted by atomic mass is 10.3. The quantitative estimate of drug-likeness (QED) is 0.903. The van der Waals surface area contributed by atoms with E-state index in [4.69, 9.17) is 4.74 Å². The second-order valence-corrected chi connectivity index (χ2v) is 5.24. The molecule has 1 aromatic heterocycles. The highest BCUT2D eigenvalue weighted by molar-refractivity contribution is 9.10. The molecule has 1 atom stereocenters. The third-order valence-electron chi connectivity index (χ3n) is 3.04. The first-order valence-corrected chi connectivity index (χ1v) is 7.08. The van der Waals surface area contributed by atoms with Crippen LogP contribution in [0.25, 0.3) is 0 Å². The van der Waals surface area contributed by atoms with Gasteiger partial charge in [0.05, 0.1) is 10.6 Å². The molecule has 1 fully saturated rings. The minimum absolute atomic E-state index is 0.305. The summed E-state index contributed by atoms with van der Waals surface area (Å²) in [7, 11) is 1.76. The third kappa shape index (κ3) is 3.11. The SMILES string of the molecule is CCCNc1ncc(Br)c(N2CCC(OC)C2)n1. The molecule has 18 heavy (non-hydrogen) atoms. The summed E-state index contributed by atoms with van der Waals surface area (Å²) in [5, 5.41) is 3.21. The molecule has 1 aliphatic rings. The van der Waals surface area contributed by atoms with E-state index in [0.717, 1.165) is 42.8 Å². The number of hydrogen-bond acceptors (Lipinski definition) is 5. The largest absolute Gasteiger partial charge is 0.380 e. The summed E-state index contributed by atoms with van der Waals surface area (Å²) in [6.45, 7) is 4.87. The van der Waals surface area contributed by atoms with Gasteiger partial charge < -0.3 is 15.0 Å². The van der Waals surface area contributed by atoms with E-state index in [9.17, 15) is 0 Å². The molecule has 1 aliphatic heterocycles. The first-order valence-electron chi connectivity index (χ1n) is 6.28. The fraction of sp³-hybridized carbons (Fsp3) is 0.667. The summed E-state index contributed by atoms with van der Waals surface area (Å²) in [5.41, 5.74) is 0. The zero-order chi connectivity index (χ0) is 13.0. The van der Waals surface area contributed by atoms with Crippen LogP contribution < -0.4 is 10.2 Å². The van der Waals surface area contributed by atoms with Crippen LogP contribution in [0.5, 0.6) is 0 Å². The van der Waals surface area contributed by atoms with Crippen LogP contribution in [-0.4, -0.2) is 42.8 Å². The van der Waals surface area contributed by atoms with E-state index in [2.05, 4.69) is 43.0 Å². The lowest BCUT2D eigenvalue weighted by molar-refractivity contribution is 0.121. The molecule has 0 bridgehead atoms. The van der Waals surface area contributed by atoms with Crippen LogP contribution in [-0.2, 0) is 4.74 Å². The molecule has 0 aliphatic carbocycles. The maximum Gasteiger partial charge on any atom is 0.224 e. The van der Waals surface area contributed by atoms with Crippen molar-refractivity contribution in [3.05, 3.63) is 10.7 Å². The highest BCUT2D eigenvalue weighted by Crippen LogP contribution is 2.27. The van der Waals surface area contributed by atoms with E-state index in [-0.39, 0.29) is 0 Å². The standard InChI is InChI=1S/C12H19BrN4O/c1-3-5-14-12-15-7-10(13)11(16-12)17-6-4-9(8-17)18-2/h7,9H,3-6,8H2,1-2H3,(H,14,15,16). The zero-order valence-corrected chi connectivity index (χ0v) is 12.4. The van der Waals surface area contributed by atoms with Crippen molar-refractivity contribution >= 4 is 27.7 Å². The molecule has 1 unspecified atom stereocenters. The Bertz CT molecular complexity index is 402. The average molecular weight is 315 g/mol. The maximum absolute atomic E-state index is 5.38. The number of anilines is 2. The summed E-state index contributed by atoms with van der Waals surface area (Å²) in [6, 6.07) is 0. The molecular formula is C12H19BrN4O. The molecule has 6 heteroatoms. The van der Waals surface area contributed by atoms with E-state index in [1.807, 2.05) is 0 Å². The number of rotatable bonds is 5. The van der Waals surface area contributed by atoms with Gasteiger partial charge in [-0.15, -0.1) is 0 Å². The molecular weight excluding hydrogens is 296 g/mol. The Morgan fingerprint density at radius 2 is 2.44 bits per heavy atom. The minimum atomic E-state index is 0.305. The Balaban J connectivity index is 2.11. The molecule has 100 valence electrons. The van der Waals surface area contributed by atoms with Gasteiger partial charge in [0, 0.05) is 32.9 Å². The Kier molecular flexibility index (Phi) is 4.77. The van der Waals surface area contributed by atoms with Crippen molar-refractivity contribution in [3.63, 3.8) is 0 Å². The van der Waals surface area contributed by atoms with E-state index in [0.29, 0.717) is 12.1 Å². The van der Waals surface area contributed by atoms with Gasteiger partial charge in [0.2, 0.25) is 5.95 Å². The zero-order valence-electron chi connectivity index (χ0n) is 10.8. The Morgan fingerprint density at radius 1 is 1.61 bits per heavy atom. The van der Waals surface area contributed by atoms with Gasteiger partial charge in [-0.2, -0.15) is 4.98 Å². The first kappa shape index (κ1) is 13.5. The minimum Gasteiger partial charge on any atom is -0.380 e. The van der Waals surface area contributed by atoms with Gasteiger partial charge in [-0.25, -0.2) is 4.98 Å². The van der Waals surface area contributed by atoms with Crippen molar-refractivity contribution in [2.45, 2.75) is 25.9 Å². The monoisotopic (exact) mass is 314 g/mol. The van der Waals surface area contributed by atoms with Gasteiger partial charge in [-0.1, -0.05) is 6.92 Å². The lowest BCUT2D eigenvalue weighted by Crippen LogP contribution is -2.24. The second-order valence-electron chi connectivity index (χ2n) is 4.38. The first-order chi connectivity index (χ1) is 8.74. The van der Waals surface area contributed by atoms with Crippen molar-refractivity contribution in [3.8, 4) is 0 Å². The lowest BCUT2D eigenvalue weighted by Gasteiger charge is -2.19. The van der Waals surface area contributed by atoms with Gasteiger partial charge >= 0.3 is 0 Å². The Hall–Kier alpha value is -0.880. The van der Waals surface area contributed by atoms with Crippen molar-refractivity contribution in [2.24, 2.45) is 0 Å². The van der Waals surface area contributed by atoms with Crippen LogP contribution in [0.15, 0.2) is 10.7 Å². The predicted molar refractivity (Wildman–Crippen MR) is 76.1 cm³/mol. The molecule has 1 saturated heterocycles. The van der Waals surface area contributed by atoms with Crippen LogP contribution in [0.3, 0.4) is 0 Å². The number of hydrogen-bond donors (Lipinski definition) is 1. The van der Waals surface area contributed by atoms with Crippen LogP contribution >= 0.6 is 15.9 Å². The topological polar surface area (TPSA) is 50.3 Å². The molecule has 0 saturated carbocycles. The Morgan fingerprint density at radius 3 is 3.11 bits per heavy atom. The molecule has 0 amide bonds. The molecule has 0 spiro atoms. The van der Waals surface area contributed by atoms with Crippen molar-refractivity contribution in [1.29, 1.82) is 0 Å². The van der Waals surface area contributed by atoms with Crippen molar-refractivity contribution in [2.75, 3.05) is 37.0 Å². The van der Waals surface area contributed by atoms with Crippen LogP contribution in [0.2, 0.25) is 0 Å². The Labute approximate surface area is 116 Å². The highest BCUT2D eigenvalue weighted by Gasteiger charge is 2.25. The van der Waals surface area contributed by atoms with Gasteiger partial charge in [0.25, 0.3) is 0 Å². The normalized spacial score (nSPS) is 19.3. The summed E-state index contributed by atoms with van der Waals surface area (Å²) in [4.78, 5) is 11.1. The molecule has 2 rings (SSSR count). The smallest absolute Gasteiger partial charge is 0.224 e. The molecule has 0 radical (unpaired) electrons. The van der Waals surface area contributed by atoms with Crippen molar-refractivity contribution in [1.82, 2.24) is 9.97 Å². The van der Waals surface area contributed by atoms with Crippen molar-refractivity contribution < 1.29 is 4.74 Å². The fourth-order valence-corrected chi connectivity index (χ4v) is 2.46. The second kappa shape index (κ2) is 6.33. The number of halogens is 1. The number of ether oxygens (including phenoxy) is 1.